The molecule has 0 saturated heterocycles. The molecule has 0 saturated carbocycles. The first kappa shape index (κ1) is 14.6. The van der Waals surface area contributed by atoms with E-state index >= 15 is 0 Å². The van der Waals surface area contributed by atoms with Gasteiger partial charge in [-0.3, -0.25) is 4.68 Å². The third kappa shape index (κ3) is 2.59. The number of hydrogen-bond donors (Lipinski definition) is 1. The maximum Gasteiger partial charge on any atom is 0.130 e. The predicted molar refractivity (Wildman–Crippen MR) is 88.1 cm³/mol. The Balaban J connectivity index is 1.99. The van der Waals surface area contributed by atoms with Crippen LogP contribution in [0.15, 0.2) is 30.3 Å². The van der Waals surface area contributed by atoms with Crippen LogP contribution >= 0.6 is 22.9 Å². The van der Waals surface area contributed by atoms with E-state index in [1.165, 1.54) is 4.70 Å². The van der Waals surface area contributed by atoms with Crippen LogP contribution in [0.25, 0.3) is 10.1 Å². The summed E-state index contributed by atoms with van der Waals surface area (Å²) in [6.07, 6.45) is 0.457. The maximum atomic E-state index is 10.9. The largest absolute Gasteiger partial charge is 0.384 e. The van der Waals surface area contributed by atoms with Crippen LogP contribution in [0.5, 0.6) is 0 Å². The van der Waals surface area contributed by atoms with E-state index in [9.17, 15) is 5.11 Å². The molecule has 110 valence electrons. The van der Waals surface area contributed by atoms with Crippen molar-refractivity contribution in [1.82, 2.24) is 9.78 Å². The second-order valence-electron chi connectivity index (χ2n) is 5.58. The van der Waals surface area contributed by atoms with Crippen molar-refractivity contribution in [3.8, 4) is 0 Å². The minimum Gasteiger partial charge on any atom is -0.384 e. The van der Waals surface area contributed by atoms with E-state index in [-0.39, 0.29) is 0 Å². The summed E-state index contributed by atoms with van der Waals surface area (Å²) in [5.74, 6) is 0. The third-order valence-corrected chi connectivity index (χ3v) is 5.59. The van der Waals surface area contributed by atoms with E-state index < -0.39 is 5.60 Å². The van der Waals surface area contributed by atoms with Gasteiger partial charge in [0, 0.05) is 28.6 Å². The molecule has 0 spiro atoms. The fourth-order valence-corrected chi connectivity index (χ4v) is 3.90. The van der Waals surface area contributed by atoms with Crippen LogP contribution in [-0.4, -0.2) is 14.9 Å². The highest BCUT2D eigenvalue weighted by molar-refractivity contribution is 7.19. The molecule has 2 aromatic heterocycles. The molecule has 0 aliphatic rings. The number of fused-ring (bicyclic) bond motifs is 1. The zero-order valence-corrected chi connectivity index (χ0v) is 13.8. The van der Waals surface area contributed by atoms with Crippen molar-refractivity contribution in [3.63, 3.8) is 0 Å². The van der Waals surface area contributed by atoms with Gasteiger partial charge in [-0.2, -0.15) is 5.10 Å². The summed E-state index contributed by atoms with van der Waals surface area (Å²) < 4.78 is 2.83. The van der Waals surface area contributed by atoms with Gasteiger partial charge < -0.3 is 5.11 Å². The average Bonchev–Trinajstić information content (AvgIpc) is 2.96. The average molecular weight is 321 g/mol. The van der Waals surface area contributed by atoms with Gasteiger partial charge in [-0.05, 0) is 31.4 Å². The van der Waals surface area contributed by atoms with E-state index in [2.05, 4.69) is 23.3 Å². The van der Waals surface area contributed by atoms with Gasteiger partial charge in [0.05, 0.1) is 5.69 Å². The normalized spacial score (nSPS) is 14.5. The summed E-state index contributed by atoms with van der Waals surface area (Å²) in [6, 6.07) is 10.2. The Bertz CT molecular complexity index is 771. The van der Waals surface area contributed by atoms with Crippen molar-refractivity contribution in [2.24, 2.45) is 7.05 Å². The highest BCUT2D eigenvalue weighted by Crippen LogP contribution is 2.36. The monoisotopic (exact) mass is 320 g/mol. The highest BCUT2D eigenvalue weighted by atomic mass is 35.5. The summed E-state index contributed by atoms with van der Waals surface area (Å²) in [6.45, 7) is 3.75. The van der Waals surface area contributed by atoms with E-state index in [4.69, 9.17) is 11.6 Å². The lowest BCUT2D eigenvalue weighted by atomic mass is 9.95. The van der Waals surface area contributed by atoms with Crippen LogP contribution in [0.1, 0.15) is 23.1 Å². The van der Waals surface area contributed by atoms with Crippen molar-refractivity contribution >= 4 is 33.0 Å². The predicted octanol–water partition coefficient (Wildman–Crippen LogP) is 4.05. The molecule has 3 aromatic rings. The maximum absolute atomic E-state index is 10.9. The molecule has 2 heterocycles. The number of benzene rings is 1. The van der Waals surface area contributed by atoms with Gasteiger partial charge in [0.15, 0.2) is 0 Å². The Hall–Kier alpha value is -1.36. The molecule has 0 fully saturated rings. The number of nitrogens with zero attached hydrogens (tertiary/aromatic N) is 2. The second kappa shape index (κ2) is 5.13. The van der Waals surface area contributed by atoms with E-state index in [1.54, 1.807) is 16.0 Å². The molecule has 0 radical (unpaired) electrons. The first-order valence-electron chi connectivity index (χ1n) is 6.78. The number of halogens is 1. The van der Waals surface area contributed by atoms with Gasteiger partial charge in [-0.1, -0.05) is 29.8 Å². The number of aliphatic hydroxyl groups is 1. The molecule has 21 heavy (non-hydrogen) atoms. The minimum atomic E-state index is -0.957. The topological polar surface area (TPSA) is 38.0 Å². The molecule has 3 nitrogen and oxygen atoms in total. The lowest BCUT2D eigenvalue weighted by molar-refractivity contribution is 0.0614. The van der Waals surface area contributed by atoms with Crippen LogP contribution in [0.3, 0.4) is 0 Å². The number of rotatable bonds is 3. The Morgan fingerprint density at radius 2 is 2.10 bits per heavy atom. The first-order chi connectivity index (χ1) is 9.88. The summed E-state index contributed by atoms with van der Waals surface area (Å²) in [4.78, 5) is 0.947. The third-order valence-electron chi connectivity index (χ3n) is 3.75. The molecular weight excluding hydrogens is 304 g/mol. The van der Waals surface area contributed by atoms with Crippen LogP contribution in [-0.2, 0) is 19.1 Å². The second-order valence-corrected chi connectivity index (χ2v) is 7.02. The summed E-state index contributed by atoms with van der Waals surface area (Å²) in [5.41, 5.74) is 0.812. The van der Waals surface area contributed by atoms with Crippen molar-refractivity contribution in [3.05, 3.63) is 51.6 Å². The standard InChI is InChI=1S/C16H17ClN2OS/c1-10-12(15(17)19(3)18-10)9-16(2,20)14-8-11-6-4-5-7-13(11)21-14/h4-8,20H,9H2,1-3H3. The lowest BCUT2D eigenvalue weighted by Gasteiger charge is -2.21. The van der Waals surface area contributed by atoms with Crippen molar-refractivity contribution in [2.45, 2.75) is 25.9 Å². The number of thiophene rings is 1. The quantitative estimate of drug-likeness (QED) is 0.790. The van der Waals surface area contributed by atoms with Gasteiger partial charge in [0.1, 0.15) is 10.8 Å². The van der Waals surface area contributed by atoms with E-state index in [0.717, 1.165) is 21.5 Å². The van der Waals surface area contributed by atoms with Gasteiger partial charge in [0.25, 0.3) is 0 Å². The molecule has 3 rings (SSSR count). The highest BCUT2D eigenvalue weighted by Gasteiger charge is 2.29. The van der Waals surface area contributed by atoms with Gasteiger partial charge in [-0.15, -0.1) is 11.3 Å². The summed E-state index contributed by atoms with van der Waals surface area (Å²) >= 11 is 7.90. The summed E-state index contributed by atoms with van der Waals surface area (Å²) in [7, 11) is 1.81. The minimum absolute atomic E-state index is 0.457. The fourth-order valence-electron chi connectivity index (χ4n) is 2.55. The molecule has 0 bridgehead atoms. The SMILES string of the molecule is Cc1nn(C)c(Cl)c1CC(C)(O)c1cc2ccccc2s1. The van der Waals surface area contributed by atoms with Gasteiger partial charge in [-0.25, -0.2) is 0 Å². The molecule has 5 heteroatoms. The van der Waals surface area contributed by atoms with Crippen molar-refractivity contribution in [2.75, 3.05) is 0 Å². The molecule has 1 N–H and O–H groups in total. The fraction of sp³-hybridized carbons (Fsp3) is 0.312. The van der Waals surface area contributed by atoms with Gasteiger partial charge in [0.2, 0.25) is 0 Å². The molecule has 0 aliphatic carbocycles. The number of hydrogen-bond acceptors (Lipinski definition) is 3. The molecule has 1 atom stereocenters. The number of aryl methyl sites for hydroxylation is 2. The first-order valence-corrected chi connectivity index (χ1v) is 7.97. The van der Waals surface area contributed by atoms with Crippen molar-refractivity contribution < 1.29 is 5.11 Å². The molecule has 0 aliphatic heterocycles. The van der Waals surface area contributed by atoms with Crippen LogP contribution in [0.2, 0.25) is 5.15 Å². The van der Waals surface area contributed by atoms with Gasteiger partial charge >= 0.3 is 0 Å². The van der Waals surface area contributed by atoms with Crippen LogP contribution < -0.4 is 0 Å². The Morgan fingerprint density at radius 1 is 1.38 bits per heavy atom. The molecule has 1 aromatic carbocycles. The number of aromatic nitrogens is 2. The molecular formula is C16H17ClN2OS. The zero-order chi connectivity index (χ0) is 15.2. The Kier molecular flexibility index (Phi) is 3.56. The molecule has 0 amide bonds. The smallest absolute Gasteiger partial charge is 0.130 e. The summed E-state index contributed by atoms with van der Waals surface area (Å²) in [5, 5.41) is 17.0. The Labute approximate surface area is 132 Å². The van der Waals surface area contributed by atoms with Crippen LogP contribution in [0.4, 0.5) is 0 Å². The zero-order valence-electron chi connectivity index (χ0n) is 12.2. The van der Waals surface area contributed by atoms with Crippen LogP contribution in [0, 0.1) is 6.92 Å². The molecule has 1 unspecified atom stereocenters. The lowest BCUT2D eigenvalue weighted by Crippen LogP contribution is -2.23. The van der Waals surface area contributed by atoms with E-state index in [1.807, 2.05) is 33.0 Å². The van der Waals surface area contributed by atoms with E-state index in [0.29, 0.717) is 11.6 Å². The Morgan fingerprint density at radius 3 is 2.71 bits per heavy atom. The van der Waals surface area contributed by atoms with Crippen molar-refractivity contribution in [1.29, 1.82) is 0 Å².